The van der Waals surface area contributed by atoms with Crippen molar-refractivity contribution in [3.05, 3.63) is 29.3 Å². The third kappa shape index (κ3) is 1.50. The van der Waals surface area contributed by atoms with Gasteiger partial charge in [-0.15, -0.1) is 0 Å². The van der Waals surface area contributed by atoms with Crippen LogP contribution in [0.1, 0.15) is 30.4 Å². The Morgan fingerprint density at radius 1 is 1.50 bits per heavy atom. The fraction of sp³-hybridized carbons (Fsp3) is 0.500. The van der Waals surface area contributed by atoms with E-state index in [1.807, 2.05) is 0 Å². The van der Waals surface area contributed by atoms with Gasteiger partial charge in [-0.05, 0) is 30.5 Å². The molecular weight excluding hydrogens is 172 g/mol. The van der Waals surface area contributed by atoms with Crippen molar-refractivity contribution in [2.75, 3.05) is 18.4 Å². The van der Waals surface area contributed by atoms with E-state index in [1.54, 1.807) is 0 Å². The quantitative estimate of drug-likeness (QED) is 0.766. The van der Waals surface area contributed by atoms with E-state index in [4.69, 9.17) is 5.73 Å². The van der Waals surface area contributed by atoms with Gasteiger partial charge in [0.2, 0.25) is 0 Å². The molecule has 1 aromatic carbocycles. The molecule has 0 saturated heterocycles. The number of nitrogens with two attached hydrogens (primary N) is 1. The molecule has 1 atom stereocenters. The zero-order chi connectivity index (χ0) is 9.97. The van der Waals surface area contributed by atoms with Crippen LogP contribution >= 0.6 is 0 Å². The smallest absolute Gasteiger partial charge is 0.0408 e. The number of fused-ring (bicyclic) bond motifs is 1. The Morgan fingerprint density at radius 2 is 2.36 bits per heavy atom. The van der Waals surface area contributed by atoms with Crippen LogP contribution in [0.2, 0.25) is 0 Å². The van der Waals surface area contributed by atoms with Gasteiger partial charge in [0.1, 0.15) is 0 Å². The van der Waals surface area contributed by atoms with Gasteiger partial charge in [-0.2, -0.15) is 0 Å². The second-order valence-electron chi connectivity index (χ2n) is 3.89. The molecule has 76 valence electrons. The van der Waals surface area contributed by atoms with Crippen molar-refractivity contribution in [1.82, 2.24) is 0 Å². The molecule has 0 radical (unpaired) electrons. The van der Waals surface area contributed by atoms with Crippen LogP contribution in [0.15, 0.2) is 18.2 Å². The zero-order valence-electron chi connectivity index (χ0n) is 8.72. The van der Waals surface area contributed by atoms with Crippen molar-refractivity contribution in [1.29, 1.82) is 0 Å². The van der Waals surface area contributed by atoms with Crippen LogP contribution in [-0.2, 0) is 6.42 Å². The predicted octanol–water partition coefficient (Wildman–Crippen LogP) is 2.11. The second-order valence-corrected chi connectivity index (χ2v) is 3.89. The normalized spacial score (nSPS) is 19.1. The van der Waals surface area contributed by atoms with Crippen molar-refractivity contribution < 1.29 is 0 Å². The van der Waals surface area contributed by atoms with E-state index in [0.717, 1.165) is 25.9 Å². The third-order valence-electron chi connectivity index (χ3n) is 3.04. The summed E-state index contributed by atoms with van der Waals surface area (Å²) in [6.07, 6.45) is 2.19. The van der Waals surface area contributed by atoms with Gasteiger partial charge in [0, 0.05) is 18.2 Å². The van der Waals surface area contributed by atoms with Gasteiger partial charge < -0.3 is 11.1 Å². The highest BCUT2D eigenvalue weighted by Gasteiger charge is 2.22. The van der Waals surface area contributed by atoms with Crippen molar-refractivity contribution >= 4 is 5.69 Å². The minimum Gasteiger partial charge on any atom is -0.384 e. The lowest BCUT2D eigenvalue weighted by molar-refractivity contribution is 0.686. The lowest BCUT2D eigenvalue weighted by Gasteiger charge is -2.09. The number of para-hydroxylation sites is 1. The van der Waals surface area contributed by atoms with Gasteiger partial charge in [0.15, 0.2) is 0 Å². The summed E-state index contributed by atoms with van der Waals surface area (Å²) >= 11 is 0. The molecule has 2 heteroatoms. The van der Waals surface area contributed by atoms with E-state index in [1.165, 1.54) is 16.8 Å². The molecule has 14 heavy (non-hydrogen) atoms. The maximum atomic E-state index is 5.61. The highest BCUT2D eigenvalue weighted by atomic mass is 14.9. The Morgan fingerprint density at radius 3 is 3.07 bits per heavy atom. The first-order valence-corrected chi connectivity index (χ1v) is 5.42. The summed E-state index contributed by atoms with van der Waals surface area (Å²) in [4.78, 5) is 0. The lowest BCUT2D eigenvalue weighted by atomic mass is 9.96. The average molecular weight is 190 g/mol. The summed E-state index contributed by atoms with van der Waals surface area (Å²) in [6, 6.07) is 6.60. The second kappa shape index (κ2) is 4.01. The summed E-state index contributed by atoms with van der Waals surface area (Å²) in [5, 5.41) is 3.50. The molecule has 1 aliphatic rings. The number of anilines is 1. The molecule has 1 heterocycles. The molecule has 2 rings (SSSR count). The SMILES string of the molecule is CCc1cccc2c1NCC2CCN. The molecule has 0 aromatic heterocycles. The van der Waals surface area contributed by atoms with Gasteiger partial charge in [0.05, 0.1) is 0 Å². The summed E-state index contributed by atoms with van der Waals surface area (Å²) in [6.45, 7) is 4.04. The number of hydrogen-bond acceptors (Lipinski definition) is 2. The fourth-order valence-electron chi connectivity index (χ4n) is 2.26. The average Bonchev–Trinajstić information content (AvgIpc) is 2.62. The van der Waals surface area contributed by atoms with E-state index < -0.39 is 0 Å². The number of aryl methyl sites for hydroxylation is 1. The van der Waals surface area contributed by atoms with Crippen LogP contribution in [-0.4, -0.2) is 13.1 Å². The summed E-state index contributed by atoms with van der Waals surface area (Å²) in [7, 11) is 0. The Hall–Kier alpha value is -1.02. The molecule has 1 aromatic rings. The molecule has 0 saturated carbocycles. The van der Waals surface area contributed by atoms with Crippen LogP contribution in [0.25, 0.3) is 0 Å². The molecule has 2 nitrogen and oxygen atoms in total. The molecule has 3 N–H and O–H groups in total. The minimum atomic E-state index is 0.626. The Kier molecular flexibility index (Phi) is 2.73. The zero-order valence-corrected chi connectivity index (χ0v) is 8.72. The van der Waals surface area contributed by atoms with E-state index in [0.29, 0.717) is 5.92 Å². The van der Waals surface area contributed by atoms with Gasteiger partial charge in [-0.25, -0.2) is 0 Å². The first-order valence-electron chi connectivity index (χ1n) is 5.42. The Balaban J connectivity index is 2.31. The topological polar surface area (TPSA) is 38.0 Å². The minimum absolute atomic E-state index is 0.626. The predicted molar refractivity (Wildman–Crippen MR) is 60.7 cm³/mol. The summed E-state index contributed by atoms with van der Waals surface area (Å²) in [5.74, 6) is 0.626. The highest BCUT2D eigenvalue weighted by Crippen LogP contribution is 2.35. The molecule has 1 aliphatic heterocycles. The molecule has 0 amide bonds. The van der Waals surface area contributed by atoms with Crippen molar-refractivity contribution in [2.24, 2.45) is 5.73 Å². The summed E-state index contributed by atoms with van der Waals surface area (Å²) in [5.41, 5.74) is 9.88. The van der Waals surface area contributed by atoms with Crippen LogP contribution < -0.4 is 11.1 Å². The van der Waals surface area contributed by atoms with E-state index >= 15 is 0 Å². The van der Waals surface area contributed by atoms with Gasteiger partial charge in [0.25, 0.3) is 0 Å². The third-order valence-corrected chi connectivity index (χ3v) is 3.04. The van der Waals surface area contributed by atoms with E-state index in [2.05, 4.69) is 30.4 Å². The molecule has 0 bridgehead atoms. The van der Waals surface area contributed by atoms with Gasteiger partial charge >= 0.3 is 0 Å². The molecule has 1 unspecified atom stereocenters. The standard InChI is InChI=1S/C12H18N2/c1-2-9-4-3-5-11-10(6-7-13)8-14-12(9)11/h3-5,10,14H,2,6-8,13H2,1H3. The number of hydrogen-bond donors (Lipinski definition) is 2. The first-order chi connectivity index (χ1) is 6.86. The highest BCUT2D eigenvalue weighted by molar-refractivity contribution is 5.63. The maximum absolute atomic E-state index is 5.61. The van der Waals surface area contributed by atoms with Crippen molar-refractivity contribution in [3.63, 3.8) is 0 Å². The number of nitrogens with one attached hydrogen (secondary N) is 1. The first kappa shape index (κ1) is 9.53. The molecule has 0 spiro atoms. The number of rotatable bonds is 3. The van der Waals surface area contributed by atoms with Crippen LogP contribution in [0.4, 0.5) is 5.69 Å². The summed E-state index contributed by atoms with van der Waals surface area (Å²) < 4.78 is 0. The van der Waals surface area contributed by atoms with Crippen molar-refractivity contribution in [3.8, 4) is 0 Å². The Bertz CT molecular complexity index is 320. The largest absolute Gasteiger partial charge is 0.384 e. The van der Waals surface area contributed by atoms with Crippen molar-refractivity contribution in [2.45, 2.75) is 25.7 Å². The van der Waals surface area contributed by atoms with Crippen LogP contribution in [0.3, 0.4) is 0 Å². The Labute approximate surface area is 85.5 Å². The lowest BCUT2D eigenvalue weighted by Crippen LogP contribution is -2.08. The molecular formula is C12H18N2. The molecule has 0 aliphatic carbocycles. The van der Waals surface area contributed by atoms with Crippen LogP contribution in [0, 0.1) is 0 Å². The van der Waals surface area contributed by atoms with Crippen LogP contribution in [0.5, 0.6) is 0 Å². The van der Waals surface area contributed by atoms with E-state index in [-0.39, 0.29) is 0 Å². The molecule has 0 fully saturated rings. The van der Waals surface area contributed by atoms with E-state index in [9.17, 15) is 0 Å². The number of benzene rings is 1. The maximum Gasteiger partial charge on any atom is 0.0408 e. The fourth-order valence-corrected chi connectivity index (χ4v) is 2.26. The van der Waals surface area contributed by atoms with Gasteiger partial charge in [-0.3, -0.25) is 0 Å². The van der Waals surface area contributed by atoms with Gasteiger partial charge in [-0.1, -0.05) is 25.1 Å². The monoisotopic (exact) mass is 190 g/mol.